The molecule has 2 aliphatic heterocycles. The maximum absolute atomic E-state index is 13.6. The first kappa shape index (κ1) is 27.2. The maximum Gasteiger partial charge on any atom is 0.245 e. The van der Waals surface area contributed by atoms with Gasteiger partial charge < -0.3 is 9.80 Å². The van der Waals surface area contributed by atoms with E-state index in [0.717, 1.165) is 43.2 Å². The average molecular weight is 498 g/mol. The van der Waals surface area contributed by atoms with Crippen molar-refractivity contribution in [1.82, 2.24) is 14.7 Å². The normalized spacial score (nSPS) is 20.9. The number of carbonyl (C=O) groups is 2. The van der Waals surface area contributed by atoms with E-state index in [1.54, 1.807) is 4.90 Å². The lowest BCUT2D eigenvalue weighted by Crippen LogP contribution is -2.48. The van der Waals surface area contributed by atoms with Crippen LogP contribution >= 0.6 is 11.6 Å². The fourth-order valence-corrected chi connectivity index (χ4v) is 5.04. The molecule has 0 radical (unpaired) electrons. The number of amides is 2. The highest BCUT2D eigenvalue weighted by Crippen LogP contribution is 2.25. The molecule has 0 aliphatic carbocycles. The molecule has 5 nitrogen and oxygen atoms in total. The van der Waals surface area contributed by atoms with Crippen molar-refractivity contribution >= 4 is 23.4 Å². The molecule has 0 aromatic heterocycles. The minimum absolute atomic E-state index is 0.0835. The third-order valence-corrected chi connectivity index (χ3v) is 7.23. The van der Waals surface area contributed by atoms with Crippen molar-refractivity contribution in [1.29, 1.82) is 0 Å². The summed E-state index contributed by atoms with van der Waals surface area (Å²) in [6.07, 6.45) is 2.10. The summed E-state index contributed by atoms with van der Waals surface area (Å²) in [5.74, 6) is 0.617. The summed E-state index contributed by atoms with van der Waals surface area (Å²) in [7, 11) is 0. The van der Waals surface area contributed by atoms with Crippen LogP contribution in [0, 0.1) is 12.8 Å². The van der Waals surface area contributed by atoms with Crippen LogP contribution in [0.5, 0.6) is 0 Å². The Balaban J connectivity index is 0.00000167. The van der Waals surface area contributed by atoms with Crippen molar-refractivity contribution in [2.45, 2.75) is 66.1 Å². The second kappa shape index (κ2) is 13.1. The van der Waals surface area contributed by atoms with Crippen molar-refractivity contribution in [2.24, 2.45) is 5.92 Å². The minimum Gasteiger partial charge on any atom is -0.339 e. The molecule has 2 amide bonds. The van der Waals surface area contributed by atoms with Gasteiger partial charge in [-0.3, -0.25) is 14.5 Å². The summed E-state index contributed by atoms with van der Waals surface area (Å²) in [4.78, 5) is 32.5. The van der Waals surface area contributed by atoms with E-state index < -0.39 is 0 Å². The standard InChI is InChI=1S/C27H34ClN3O2.C2H6/c1-3-21-16-29(17-22-8-10-24(28)11-9-22)14-15-30(18-21)27(33)25-12-13-26(32)31(25)19-23-6-4-20(2)5-7-23;1-2/h4-11,21,25H,3,12-19H2,1-2H3;1-2H3. The number of hydrogen-bond acceptors (Lipinski definition) is 3. The first-order valence-corrected chi connectivity index (χ1v) is 13.4. The minimum atomic E-state index is -0.348. The molecule has 2 atom stereocenters. The zero-order chi connectivity index (χ0) is 25.4. The number of benzene rings is 2. The van der Waals surface area contributed by atoms with Gasteiger partial charge in [-0.1, -0.05) is 80.8 Å². The monoisotopic (exact) mass is 497 g/mol. The van der Waals surface area contributed by atoms with Gasteiger partial charge in [0.1, 0.15) is 6.04 Å². The van der Waals surface area contributed by atoms with Gasteiger partial charge in [-0.05, 0) is 42.5 Å². The molecule has 6 heteroatoms. The van der Waals surface area contributed by atoms with Crippen LogP contribution in [0.4, 0.5) is 0 Å². The predicted octanol–water partition coefficient (Wildman–Crippen LogP) is 5.54. The predicted molar refractivity (Wildman–Crippen MR) is 143 cm³/mol. The highest BCUT2D eigenvalue weighted by molar-refractivity contribution is 6.30. The van der Waals surface area contributed by atoms with Crippen LogP contribution < -0.4 is 0 Å². The molecule has 0 spiro atoms. The Kier molecular flexibility index (Phi) is 10.2. The zero-order valence-corrected chi connectivity index (χ0v) is 22.4. The summed E-state index contributed by atoms with van der Waals surface area (Å²) < 4.78 is 0. The van der Waals surface area contributed by atoms with Crippen molar-refractivity contribution in [3.8, 4) is 0 Å². The molecule has 2 saturated heterocycles. The van der Waals surface area contributed by atoms with E-state index in [1.165, 1.54) is 11.1 Å². The summed E-state index contributed by atoms with van der Waals surface area (Å²) in [5.41, 5.74) is 3.50. The fourth-order valence-electron chi connectivity index (χ4n) is 4.92. The van der Waals surface area contributed by atoms with Gasteiger partial charge in [-0.25, -0.2) is 0 Å². The smallest absolute Gasteiger partial charge is 0.245 e. The number of aryl methyl sites for hydroxylation is 1. The Hall–Kier alpha value is -2.37. The van der Waals surface area contributed by atoms with Crippen LogP contribution in [-0.4, -0.2) is 58.7 Å². The summed E-state index contributed by atoms with van der Waals surface area (Å²) in [6, 6.07) is 15.9. The molecule has 190 valence electrons. The second-order valence-electron chi connectivity index (χ2n) is 9.48. The summed E-state index contributed by atoms with van der Waals surface area (Å²) in [5, 5.41) is 0.749. The Morgan fingerprint density at radius 1 is 0.943 bits per heavy atom. The van der Waals surface area contributed by atoms with E-state index >= 15 is 0 Å². The van der Waals surface area contributed by atoms with Crippen molar-refractivity contribution in [3.05, 3.63) is 70.2 Å². The van der Waals surface area contributed by atoms with Crippen LogP contribution in [0.3, 0.4) is 0 Å². The van der Waals surface area contributed by atoms with E-state index in [4.69, 9.17) is 11.6 Å². The van der Waals surface area contributed by atoms with E-state index in [2.05, 4.69) is 55.1 Å². The van der Waals surface area contributed by atoms with E-state index in [-0.39, 0.29) is 17.9 Å². The maximum atomic E-state index is 13.6. The van der Waals surface area contributed by atoms with Crippen LogP contribution in [0.2, 0.25) is 5.02 Å². The first-order valence-electron chi connectivity index (χ1n) is 13.0. The lowest BCUT2D eigenvalue weighted by Gasteiger charge is -2.31. The number of nitrogens with zero attached hydrogens (tertiary/aromatic N) is 3. The topological polar surface area (TPSA) is 43.9 Å². The Morgan fingerprint density at radius 3 is 2.23 bits per heavy atom. The molecule has 2 unspecified atom stereocenters. The molecule has 2 aromatic rings. The van der Waals surface area contributed by atoms with Crippen molar-refractivity contribution < 1.29 is 9.59 Å². The van der Waals surface area contributed by atoms with Gasteiger partial charge in [0.15, 0.2) is 0 Å². The van der Waals surface area contributed by atoms with Crippen LogP contribution in [0.25, 0.3) is 0 Å². The Bertz CT molecular complexity index is 961. The molecular formula is C29H40ClN3O2. The summed E-state index contributed by atoms with van der Waals surface area (Å²) >= 11 is 6.04. The molecule has 4 rings (SSSR count). The van der Waals surface area contributed by atoms with E-state index in [9.17, 15) is 9.59 Å². The molecule has 0 bridgehead atoms. The van der Waals surface area contributed by atoms with Gasteiger partial charge in [0.2, 0.25) is 11.8 Å². The van der Waals surface area contributed by atoms with Crippen LogP contribution in [-0.2, 0) is 22.7 Å². The first-order chi connectivity index (χ1) is 16.9. The Labute approximate surface area is 216 Å². The van der Waals surface area contributed by atoms with Crippen molar-refractivity contribution in [2.75, 3.05) is 26.2 Å². The van der Waals surface area contributed by atoms with Crippen molar-refractivity contribution in [3.63, 3.8) is 0 Å². The van der Waals surface area contributed by atoms with Gasteiger partial charge >= 0.3 is 0 Å². The van der Waals surface area contributed by atoms with E-state index in [0.29, 0.717) is 31.8 Å². The largest absolute Gasteiger partial charge is 0.339 e. The average Bonchev–Trinajstić information content (AvgIpc) is 3.10. The molecule has 2 fully saturated rings. The Morgan fingerprint density at radius 2 is 1.57 bits per heavy atom. The fraction of sp³-hybridized carbons (Fsp3) is 0.517. The number of halogens is 1. The quantitative estimate of drug-likeness (QED) is 0.526. The van der Waals surface area contributed by atoms with Gasteiger partial charge in [0.25, 0.3) is 0 Å². The molecule has 2 heterocycles. The zero-order valence-electron chi connectivity index (χ0n) is 21.7. The lowest BCUT2D eigenvalue weighted by atomic mass is 10.0. The third kappa shape index (κ3) is 7.31. The van der Waals surface area contributed by atoms with Crippen LogP contribution in [0.15, 0.2) is 48.5 Å². The highest BCUT2D eigenvalue weighted by atomic mass is 35.5. The molecular weight excluding hydrogens is 458 g/mol. The number of carbonyl (C=O) groups excluding carboxylic acids is 2. The lowest BCUT2D eigenvalue weighted by molar-refractivity contribution is -0.142. The summed E-state index contributed by atoms with van der Waals surface area (Å²) in [6.45, 7) is 12.9. The number of rotatable bonds is 6. The highest BCUT2D eigenvalue weighted by Gasteiger charge is 2.39. The molecule has 0 saturated carbocycles. The van der Waals surface area contributed by atoms with Gasteiger partial charge in [-0.2, -0.15) is 0 Å². The van der Waals surface area contributed by atoms with E-state index in [1.807, 2.05) is 30.9 Å². The van der Waals surface area contributed by atoms with Gasteiger partial charge in [0.05, 0.1) is 0 Å². The molecule has 2 aliphatic rings. The number of likely N-dealkylation sites (tertiary alicyclic amines) is 1. The second-order valence-corrected chi connectivity index (χ2v) is 9.92. The molecule has 0 N–H and O–H groups in total. The number of hydrogen-bond donors (Lipinski definition) is 0. The molecule has 2 aromatic carbocycles. The van der Waals surface area contributed by atoms with Gasteiger partial charge in [0, 0.05) is 50.7 Å². The molecule has 35 heavy (non-hydrogen) atoms. The van der Waals surface area contributed by atoms with Gasteiger partial charge in [-0.15, -0.1) is 0 Å². The third-order valence-electron chi connectivity index (χ3n) is 6.98. The SMILES string of the molecule is CC.CCC1CN(Cc2ccc(Cl)cc2)CCN(C(=O)C2CCC(=O)N2Cc2ccc(C)cc2)C1. The van der Waals surface area contributed by atoms with Crippen LogP contribution in [0.1, 0.15) is 56.7 Å².